The summed E-state index contributed by atoms with van der Waals surface area (Å²) in [6.07, 6.45) is 0. The Labute approximate surface area is 118 Å². The third-order valence-corrected chi connectivity index (χ3v) is 3.44. The van der Waals surface area contributed by atoms with Crippen molar-refractivity contribution in [3.63, 3.8) is 0 Å². The lowest BCUT2D eigenvalue weighted by molar-refractivity contribution is 1.13. The molecule has 0 unspecified atom stereocenters. The smallest absolute Gasteiger partial charge is 0.103 e. The molecule has 4 nitrogen and oxygen atoms in total. The molecule has 0 fully saturated rings. The summed E-state index contributed by atoms with van der Waals surface area (Å²) in [4.78, 5) is 15.7. The molecule has 2 N–H and O–H groups in total. The molecule has 0 saturated heterocycles. The molecular formula is C16H18N4. The molecule has 2 heterocycles. The maximum Gasteiger partial charge on any atom is 0.103 e. The summed E-state index contributed by atoms with van der Waals surface area (Å²) in [6.45, 7) is 8.05. The number of rotatable bonds is 2. The van der Waals surface area contributed by atoms with E-state index in [4.69, 9.17) is 0 Å². The fraction of sp³-hybridized carbons (Fsp3) is 0.250. The van der Waals surface area contributed by atoms with Crippen LogP contribution in [-0.4, -0.2) is 19.9 Å². The Hall–Kier alpha value is -2.36. The number of hydrogen-bond acceptors (Lipinski definition) is 2. The number of aryl methyl sites for hydroxylation is 4. The Morgan fingerprint density at radius 1 is 0.700 bits per heavy atom. The predicted octanol–water partition coefficient (Wildman–Crippen LogP) is 3.70. The molecular weight excluding hydrogens is 248 g/mol. The van der Waals surface area contributed by atoms with E-state index in [1.807, 2.05) is 26.0 Å². The first-order valence-electron chi connectivity index (χ1n) is 6.72. The largest absolute Gasteiger partial charge is 0.346 e. The molecule has 3 rings (SSSR count). The second-order valence-corrected chi connectivity index (χ2v) is 5.14. The number of H-pyrrole nitrogens is 2. The number of benzene rings is 1. The summed E-state index contributed by atoms with van der Waals surface area (Å²) < 4.78 is 0. The SMILES string of the molecule is Cc1nc(-c2ccccc2-c2nc(C)[nH]c2C)c(C)[nH]1. The minimum Gasteiger partial charge on any atom is -0.346 e. The molecule has 2 aromatic heterocycles. The van der Waals surface area contributed by atoms with Crippen LogP contribution in [0.3, 0.4) is 0 Å². The first kappa shape index (κ1) is 12.7. The molecule has 20 heavy (non-hydrogen) atoms. The molecule has 0 radical (unpaired) electrons. The Kier molecular flexibility index (Phi) is 2.93. The van der Waals surface area contributed by atoms with Crippen molar-refractivity contribution in [3.05, 3.63) is 47.3 Å². The van der Waals surface area contributed by atoms with E-state index in [1.54, 1.807) is 0 Å². The fourth-order valence-corrected chi connectivity index (χ4v) is 2.64. The molecule has 0 amide bonds. The standard InChI is InChI=1S/C16H18N4/c1-9-15(19-11(3)17-9)13-7-5-6-8-14(13)16-10(2)18-12(4)20-16/h5-8H,1-4H3,(H,17,19)(H,18,20). The van der Waals surface area contributed by atoms with E-state index < -0.39 is 0 Å². The van der Waals surface area contributed by atoms with Crippen molar-refractivity contribution in [2.75, 3.05) is 0 Å². The van der Waals surface area contributed by atoms with Gasteiger partial charge in [-0.2, -0.15) is 0 Å². The van der Waals surface area contributed by atoms with E-state index in [1.165, 1.54) is 0 Å². The van der Waals surface area contributed by atoms with Crippen LogP contribution in [0.25, 0.3) is 22.5 Å². The van der Waals surface area contributed by atoms with E-state index in [2.05, 4.69) is 45.9 Å². The molecule has 0 bridgehead atoms. The van der Waals surface area contributed by atoms with Gasteiger partial charge in [0.25, 0.3) is 0 Å². The molecule has 0 aliphatic heterocycles. The predicted molar refractivity (Wildman–Crippen MR) is 80.6 cm³/mol. The third kappa shape index (κ3) is 2.03. The monoisotopic (exact) mass is 266 g/mol. The summed E-state index contributed by atoms with van der Waals surface area (Å²) in [5, 5.41) is 0. The van der Waals surface area contributed by atoms with Gasteiger partial charge in [0.1, 0.15) is 11.6 Å². The van der Waals surface area contributed by atoms with Crippen LogP contribution >= 0.6 is 0 Å². The van der Waals surface area contributed by atoms with Crippen LogP contribution in [0.5, 0.6) is 0 Å². The molecule has 3 aromatic rings. The van der Waals surface area contributed by atoms with E-state index in [0.29, 0.717) is 0 Å². The minimum atomic E-state index is 0.933. The number of aromatic amines is 2. The summed E-state index contributed by atoms with van der Waals surface area (Å²) in [5.41, 5.74) is 6.39. The molecule has 0 saturated carbocycles. The highest BCUT2D eigenvalue weighted by atomic mass is 14.9. The van der Waals surface area contributed by atoms with E-state index in [9.17, 15) is 0 Å². The van der Waals surface area contributed by atoms with Gasteiger partial charge >= 0.3 is 0 Å². The van der Waals surface area contributed by atoms with Gasteiger partial charge in [0, 0.05) is 22.5 Å². The Balaban J connectivity index is 2.23. The molecule has 0 aliphatic carbocycles. The first-order chi connectivity index (χ1) is 9.56. The molecule has 102 valence electrons. The lowest BCUT2D eigenvalue weighted by atomic mass is 10.00. The third-order valence-electron chi connectivity index (χ3n) is 3.44. The summed E-state index contributed by atoms with van der Waals surface area (Å²) in [7, 11) is 0. The van der Waals surface area contributed by atoms with E-state index >= 15 is 0 Å². The molecule has 4 heteroatoms. The van der Waals surface area contributed by atoms with Crippen LogP contribution in [0.2, 0.25) is 0 Å². The van der Waals surface area contributed by atoms with E-state index in [0.717, 1.165) is 45.6 Å². The topological polar surface area (TPSA) is 57.4 Å². The van der Waals surface area contributed by atoms with Crippen molar-refractivity contribution in [2.45, 2.75) is 27.7 Å². The second kappa shape index (κ2) is 4.63. The number of hydrogen-bond donors (Lipinski definition) is 2. The molecule has 0 atom stereocenters. The van der Waals surface area contributed by atoms with Crippen molar-refractivity contribution in [1.82, 2.24) is 19.9 Å². The number of imidazole rings is 2. The highest BCUT2D eigenvalue weighted by Gasteiger charge is 2.15. The number of nitrogens with one attached hydrogen (secondary N) is 2. The quantitative estimate of drug-likeness (QED) is 0.743. The van der Waals surface area contributed by atoms with Gasteiger partial charge in [-0.1, -0.05) is 24.3 Å². The highest BCUT2D eigenvalue weighted by Crippen LogP contribution is 2.33. The maximum absolute atomic E-state index is 4.61. The normalized spacial score (nSPS) is 11.0. The fourth-order valence-electron chi connectivity index (χ4n) is 2.64. The van der Waals surface area contributed by atoms with Gasteiger partial charge in [0.2, 0.25) is 0 Å². The van der Waals surface area contributed by atoms with Gasteiger partial charge in [-0.15, -0.1) is 0 Å². The minimum absolute atomic E-state index is 0.933. The van der Waals surface area contributed by atoms with Crippen LogP contribution < -0.4 is 0 Å². The first-order valence-corrected chi connectivity index (χ1v) is 6.72. The second-order valence-electron chi connectivity index (χ2n) is 5.14. The Morgan fingerprint density at radius 2 is 1.10 bits per heavy atom. The van der Waals surface area contributed by atoms with Crippen LogP contribution in [0.4, 0.5) is 0 Å². The van der Waals surface area contributed by atoms with Gasteiger partial charge in [-0.3, -0.25) is 0 Å². The van der Waals surface area contributed by atoms with Crippen molar-refractivity contribution in [3.8, 4) is 22.5 Å². The zero-order valence-electron chi connectivity index (χ0n) is 12.2. The highest BCUT2D eigenvalue weighted by molar-refractivity contribution is 5.82. The maximum atomic E-state index is 4.61. The van der Waals surface area contributed by atoms with Gasteiger partial charge in [0.05, 0.1) is 11.4 Å². The summed E-state index contributed by atoms with van der Waals surface area (Å²) in [5.74, 6) is 1.87. The zero-order chi connectivity index (χ0) is 14.3. The van der Waals surface area contributed by atoms with Gasteiger partial charge in [-0.25, -0.2) is 9.97 Å². The summed E-state index contributed by atoms with van der Waals surface area (Å²) >= 11 is 0. The lowest BCUT2D eigenvalue weighted by Crippen LogP contribution is -1.89. The van der Waals surface area contributed by atoms with Gasteiger partial charge in [0.15, 0.2) is 0 Å². The molecule has 0 spiro atoms. The Bertz CT molecular complexity index is 699. The van der Waals surface area contributed by atoms with Crippen LogP contribution in [0.15, 0.2) is 24.3 Å². The molecule has 0 aliphatic rings. The Morgan fingerprint density at radius 3 is 1.40 bits per heavy atom. The van der Waals surface area contributed by atoms with Crippen LogP contribution in [-0.2, 0) is 0 Å². The van der Waals surface area contributed by atoms with Crippen molar-refractivity contribution < 1.29 is 0 Å². The summed E-state index contributed by atoms with van der Waals surface area (Å²) in [6, 6.07) is 8.27. The van der Waals surface area contributed by atoms with Crippen molar-refractivity contribution >= 4 is 0 Å². The van der Waals surface area contributed by atoms with Crippen LogP contribution in [0.1, 0.15) is 23.0 Å². The number of aromatic nitrogens is 4. The van der Waals surface area contributed by atoms with Gasteiger partial charge < -0.3 is 9.97 Å². The average molecular weight is 266 g/mol. The zero-order valence-corrected chi connectivity index (χ0v) is 12.2. The molecule has 1 aromatic carbocycles. The average Bonchev–Trinajstić information content (AvgIpc) is 2.91. The van der Waals surface area contributed by atoms with Gasteiger partial charge in [-0.05, 0) is 27.7 Å². The van der Waals surface area contributed by atoms with Crippen molar-refractivity contribution in [1.29, 1.82) is 0 Å². The van der Waals surface area contributed by atoms with Crippen molar-refractivity contribution in [2.24, 2.45) is 0 Å². The number of nitrogens with zero attached hydrogens (tertiary/aromatic N) is 2. The van der Waals surface area contributed by atoms with Crippen LogP contribution in [0, 0.1) is 27.7 Å². The lowest BCUT2D eigenvalue weighted by Gasteiger charge is -2.07. The van der Waals surface area contributed by atoms with E-state index in [-0.39, 0.29) is 0 Å².